The molecule has 0 aliphatic carbocycles. The minimum Gasteiger partial charge on any atom is -0.293 e. The Hall–Kier alpha value is -2.34. The van der Waals surface area contributed by atoms with Crippen molar-refractivity contribution in [2.24, 2.45) is 0 Å². The van der Waals surface area contributed by atoms with Crippen LogP contribution in [0.5, 0.6) is 0 Å². The summed E-state index contributed by atoms with van der Waals surface area (Å²) in [7, 11) is 0. The molecule has 0 saturated heterocycles. The number of tetrazole rings is 1. The van der Waals surface area contributed by atoms with Gasteiger partial charge in [0, 0.05) is 24.2 Å². The predicted molar refractivity (Wildman–Crippen MR) is 74.0 cm³/mol. The molecule has 1 aromatic heterocycles. The van der Waals surface area contributed by atoms with E-state index in [9.17, 15) is 4.79 Å². The highest BCUT2D eigenvalue weighted by atomic mass is 16.1. The average molecular weight is 269 g/mol. The molecule has 102 valence electrons. The molecule has 1 aliphatic rings. The van der Waals surface area contributed by atoms with Gasteiger partial charge in [-0.2, -0.15) is 5.21 Å². The van der Waals surface area contributed by atoms with Crippen LogP contribution in [-0.4, -0.2) is 50.9 Å². The molecule has 1 aliphatic heterocycles. The summed E-state index contributed by atoms with van der Waals surface area (Å²) in [4.78, 5) is 14.3. The second-order valence-corrected chi connectivity index (χ2v) is 4.75. The third-order valence-electron chi connectivity index (χ3n) is 3.33. The van der Waals surface area contributed by atoms with Crippen LogP contribution in [0.3, 0.4) is 0 Å². The first-order valence-electron chi connectivity index (χ1n) is 6.56. The highest BCUT2D eigenvalue weighted by Gasteiger charge is 2.19. The number of H-pyrrole nitrogens is 1. The molecule has 1 N–H and O–H groups in total. The molecular weight excluding hydrogens is 254 g/mol. The first-order valence-corrected chi connectivity index (χ1v) is 6.56. The summed E-state index contributed by atoms with van der Waals surface area (Å²) in [5, 5.41) is 14.0. The maximum Gasteiger partial charge on any atom is 0.201 e. The zero-order valence-corrected chi connectivity index (χ0v) is 11.0. The third kappa shape index (κ3) is 2.80. The normalized spacial score (nSPS) is 15.9. The number of Topliss-reactive ketones (excluding diaryl/α,β-unsaturated/α-hetero) is 1. The fourth-order valence-electron chi connectivity index (χ4n) is 2.32. The molecule has 6 heteroatoms. The van der Waals surface area contributed by atoms with Gasteiger partial charge in [-0.15, -0.1) is 10.2 Å². The molecule has 0 atom stereocenters. The molecule has 0 amide bonds. The number of aromatic nitrogens is 4. The van der Waals surface area contributed by atoms with Crippen LogP contribution in [-0.2, 0) is 0 Å². The van der Waals surface area contributed by atoms with E-state index in [2.05, 4.69) is 31.6 Å². The van der Waals surface area contributed by atoms with Crippen molar-refractivity contribution in [2.45, 2.75) is 6.42 Å². The quantitative estimate of drug-likeness (QED) is 0.843. The minimum atomic E-state index is 0.139. The number of benzene rings is 1. The number of carbonyl (C=O) groups is 1. The van der Waals surface area contributed by atoms with E-state index in [1.54, 1.807) is 0 Å². The first-order chi connectivity index (χ1) is 9.83. The molecule has 1 aromatic carbocycles. The molecular formula is C14H15N5O. The molecule has 20 heavy (non-hydrogen) atoms. The lowest BCUT2D eigenvalue weighted by molar-refractivity contribution is 0.0938. The summed E-state index contributed by atoms with van der Waals surface area (Å²) in [5.74, 6) is 0.752. The van der Waals surface area contributed by atoms with Crippen LogP contribution in [0, 0.1) is 0 Å². The Morgan fingerprint density at radius 3 is 2.90 bits per heavy atom. The monoisotopic (exact) mass is 269 g/mol. The van der Waals surface area contributed by atoms with E-state index in [-0.39, 0.29) is 5.78 Å². The van der Waals surface area contributed by atoms with Gasteiger partial charge in [0.25, 0.3) is 0 Å². The van der Waals surface area contributed by atoms with Gasteiger partial charge in [0.2, 0.25) is 5.82 Å². The second-order valence-electron chi connectivity index (χ2n) is 4.75. The van der Waals surface area contributed by atoms with Crippen LogP contribution in [0.15, 0.2) is 36.4 Å². The van der Waals surface area contributed by atoms with Gasteiger partial charge in [0.05, 0.1) is 6.54 Å². The molecule has 0 radical (unpaired) electrons. The topological polar surface area (TPSA) is 74.8 Å². The summed E-state index contributed by atoms with van der Waals surface area (Å²) in [6.45, 7) is 1.97. The van der Waals surface area contributed by atoms with Crippen molar-refractivity contribution in [1.29, 1.82) is 0 Å². The standard InChI is InChI=1S/C14H15N5O/c20-13(11-5-2-1-3-6-11)10-19-8-4-7-12(9-19)14-15-17-18-16-14/h1-3,5-7H,4,8-10H2,(H,15,16,17,18). The first kappa shape index (κ1) is 12.7. The van der Waals surface area contributed by atoms with Crippen molar-refractivity contribution < 1.29 is 4.79 Å². The predicted octanol–water partition coefficient (Wildman–Crippen LogP) is 1.17. The van der Waals surface area contributed by atoms with Gasteiger partial charge in [-0.05, 0) is 11.6 Å². The summed E-state index contributed by atoms with van der Waals surface area (Å²) in [6.07, 6.45) is 3.00. The van der Waals surface area contributed by atoms with Crippen molar-refractivity contribution >= 4 is 11.4 Å². The van der Waals surface area contributed by atoms with Crippen LogP contribution < -0.4 is 0 Å². The number of ketones is 1. The Kier molecular flexibility index (Phi) is 3.64. The van der Waals surface area contributed by atoms with Crippen LogP contribution >= 0.6 is 0 Å². The molecule has 0 saturated carbocycles. The zero-order chi connectivity index (χ0) is 13.8. The van der Waals surface area contributed by atoms with Crippen molar-refractivity contribution in [3.05, 3.63) is 47.8 Å². The van der Waals surface area contributed by atoms with Crippen LogP contribution in [0.1, 0.15) is 22.6 Å². The highest BCUT2D eigenvalue weighted by Crippen LogP contribution is 2.17. The van der Waals surface area contributed by atoms with Crippen molar-refractivity contribution in [3.63, 3.8) is 0 Å². The van der Waals surface area contributed by atoms with E-state index in [1.807, 2.05) is 30.3 Å². The van der Waals surface area contributed by atoms with E-state index in [1.165, 1.54) is 0 Å². The molecule has 0 unspecified atom stereocenters. The largest absolute Gasteiger partial charge is 0.293 e. The lowest BCUT2D eigenvalue weighted by Gasteiger charge is -2.25. The summed E-state index contributed by atoms with van der Waals surface area (Å²) >= 11 is 0. The van der Waals surface area contributed by atoms with Crippen molar-refractivity contribution in [3.8, 4) is 0 Å². The van der Waals surface area contributed by atoms with Gasteiger partial charge >= 0.3 is 0 Å². The molecule has 6 nitrogen and oxygen atoms in total. The van der Waals surface area contributed by atoms with Gasteiger partial charge in [0.1, 0.15) is 0 Å². The van der Waals surface area contributed by atoms with Crippen molar-refractivity contribution in [1.82, 2.24) is 25.5 Å². The van der Waals surface area contributed by atoms with Crippen LogP contribution in [0.25, 0.3) is 5.57 Å². The van der Waals surface area contributed by atoms with E-state index < -0.39 is 0 Å². The van der Waals surface area contributed by atoms with Gasteiger partial charge in [0.15, 0.2) is 5.78 Å². The summed E-state index contributed by atoms with van der Waals surface area (Å²) in [5.41, 5.74) is 1.77. The number of hydrogen-bond acceptors (Lipinski definition) is 5. The number of aromatic amines is 1. The SMILES string of the molecule is O=C(CN1CCC=C(c2nn[nH]n2)C1)c1ccccc1. The Morgan fingerprint density at radius 2 is 2.15 bits per heavy atom. The van der Waals surface area contributed by atoms with Gasteiger partial charge in [-0.25, -0.2) is 0 Å². The molecule has 2 heterocycles. The molecule has 3 rings (SSSR count). The maximum absolute atomic E-state index is 12.2. The lowest BCUT2D eigenvalue weighted by Crippen LogP contribution is -2.34. The smallest absolute Gasteiger partial charge is 0.201 e. The van der Waals surface area contributed by atoms with E-state index in [0.29, 0.717) is 18.9 Å². The number of carbonyl (C=O) groups excluding carboxylic acids is 1. The Morgan fingerprint density at radius 1 is 1.30 bits per heavy atom. The van der Waals surface area contributed by atoms with E-state index in [0.717, 1.165) is 24.1 Å². The number of nitrogens with one attached hydrogen (secondary N) is 1. The van der Waals surface area contributed by atoms with Gasteiger partial charge in [-0.3, -0.25) is 9.69 Å². The maximum atomic E-state index is 12.2. The number of rotatable bonds is 4. The lowest BCUT2D eigenvalue weighted by atomic mass is 10.1. The minimum absolute atomic E-state index is 0.139. The Bertz CT molecular complexity index is 606. The zero-order valence-electron chi connectivity index (χ0n) is 11.0. The third-order valence-corrected chi connectivity index (χ3v) is 3.33. The molecule has 0 fully saturated rings. The summed E-state index contributed by atoms with van der Waals surface area (Å²) < 4.78 is 0. The highest BCUT2D eigenvalue weighted by molar-refractivity contribution is 5.97. The average Bonchev–Trinajstić information content (AvgIpc) is 3.03. The Balaban J connectivity index is 1.65. The fraction of sp³-hybridized carbons (Fsp3) is 0.286. The fourth-order valence-corrected chi connectivity index (χ4v) is 2.32. The van der Waals surface area contributed by atoms with Crippen LogP contribution in [0.2, 0.25) is 0 Å². The van der Waals surface area contributed by atoms with Crippen LogP contribution in [0.4, 0.5) is 0 Å². The van der Waals surface area contributed by atoms with Crippen molar-refractivity contribution in [2.75, 3.05) is 19.6 Å². The van der Waals surface area contributed by atoms with Gasteiger partial charge < -0.3 is 0 Å². The van der Waals surface area contributed by atoms with Gasteiger partial charge in [-0.1, -0.05) is 36.4 Å². The van der Waals surface area contributed by atoms with E-state index in [4.69, 9.17) is 0 Å². The number of nitrogens with zero attached hydrogens (tertiary/aromatic N) is 4. The van der Waals surface area contributed by atoms with E-state index >= 15 is 0 Å². The number of hydrogen-bond donors (Lipinski definition) is 1. The second kappa shape index (κ2) is 5.75. The summed E-state index contributed by atoms with van der Waals surface area (Å²) in [6, 6.07) is 9.38. The Labute approximate surface area is 116 Å². The molecule has 0 bridgehead atoms. The molecule has 2 aromatic rings. The molecule has 0 spiro atoms.